The first kappa shape index (κ1) is 15.1. The molecule has 3 aromatic carbocycles. The minimum Gasteiger partial charge on any atom is -0.0843 e. The summed E-state index contributed by atoms with van der Waals surface area (Å²) in [5, 5.41) is 3.29. The van der Waals surface area contributed by atoms with Crippen LogP contribution in [0.25, 0.3) is 10.8 Å². The summed E-state index contributed by atoms with van der Waals surface area (Å²) in [6.45, 7) is 0. The van der Waals surface area contributed by atoms with Crippen molar-refractivity contribution in [2.75, 3.05) is 0 Å². The summed E-state index contributed by atoms with van der Waals surface area (Å²) in [7, 11) is 0. The van der Waals surface area contributed by atoms with Crippen LogP contribution in [0.15, 0.2) is 65.1 Å². The largest absolute Gasteiger partial charge is 0.0843 e. The van der Waals surface area contributed by atoms with Crippen LogP contribution in [-0.2, 0) is 6.42 Å². The predicted molar refractivity (Wildman–Crippen MR) is 98.5 cm³/mol. The van der Waals surface area contributed by atoms with E-state index in [4.69, 9.17) is 11.6 Å². The molecule has 21 heavy (non-hydrogen) atoms. The quantitative estimate of drug-likeness (QED) is 0.400. The van der Waals surface area contributed by atoms with E-state index < -0.39 is 0 Å². The number of alkyl halides is 1. The Kier molecular flexibility index (Phi) is 4.68. The highest BCUT2D eigenvalue weighted by Gasteiger charge is 2.09. The Morgan fingerprint density at radius 3 is 2.48 bits per heavy atom. The molecule has 0 aromatic heterocycles. The molecule has 0 nitrogen and oxygen atoms in total. The van der Waals surface area contributed by atoms with Crippen LogP contribution in [0, 0.1) is 0 Å². The van der Waals surface area contributed by atoms with Gasteiger partial charge in [-0.2, -0.15) is 0 Å². The third kappa shape index (κ3) is 3.68. The first-order chi connectivity index (χ1) is 10.1. The average molecular weight is 425 g/mol. The predicted octanol–water partition coefficient (Wildman–Crippen LogP) is 6.93. The van der Waals surface area contributed by atoms with Crippen LogP contribution in [-0.4, -0.2) is 0 Å². The standard InChI is InChI=1S/C18H13Br2Cl/c19-16-7-6-13-10-15(5-4-14(13)11-16)18(20)9-12-2-1-3-17(21)8-12/h1-8,10-11,18H,9H2. The van der Waals surface area contributed by atoms with E-state index in [9.17, 15) is 0 Å². The van der Waals surface area contributed by atoms with E-state index in [-0.39, 0.29) is 4.83 Å². The van der Waals surface area contributed by atoms with Gasteiger partial charge in [0.2, 0.25) is 0 Å². The van der Waals surface area contributed by atoms with Crippen LogP contribution >= 0.6 is 43.5 Å². The van der Waals surface area contributed by atoms with Crippen molar-refractivity contribution in [2.24, 2.45) is 0 Å². The van der Waals surface area contributed by atoms with Crippen molar-refractivity contribution in [3.05, 3.63) is 81.3 Å². The van der Waals surface area contributed by atoms with Gasteiger partial charge in [-0.3, -0.25) is 0 Å². The zero-order valence-corrected chi connectivity index (χ0v) is 15.1. The molecule has 0 bridgehead atoms. The lowest BCUT2D eigenvalue weighted by molar-refractivity contribution is 0.951. The Morgan fingerprint density at radius 1 is 0.905 bits per heavy atom. The molecule has 0 saturated heterocycles. The Labute approximate surface area is 146 Å². The van der Waals surface area contributed by atoms with E-state index in [0.717, 1.165) is 15.9 Å². The summed E-state index contributed by atoms with van der Waals surface area (Å²) >= 11 is 13.4. The van der Waals surface area contributed by atoms with Crippen LogP contribution < -0.4 is 0 Å². The zero-order chi connectivity index (χ0) is 14.8. The molecule has 0 saturated carbocycles. The molecule has 0 aliphatic heterocycles. The van der Waals surface area contributed by atoms with Crippen molar-refractivity contribution in [1.82, 2.24) is 0 Å². The molecular weight excluding hydrogens is 411 g/mol. The van der Waals surface area contributed by atoms with Gasteiger partial charge in [0, 0.05) is 14.3 Å². The highest BCUT2D eigenvalue weighted by molar-refractivity contribution is 9.10. The summed E-state index contributed by atoms with van der Waals surface area (Å²) in [6, 6.07) is 21.0. The molecule has 3 aromatic rings. The Hall–Kier alpha value is -0.830. The smallest absolute Gasteiger partial charge is 0.0435 e. The van der Waals surface area contributed by atoms with Crippen LogP contribution in [0.1, 0.15) is 16.0 Å². The zero-order valence-electron chi connectivity index (χ0n) is 11.2. The van der Waals surface area contributed by atoms with Crippen molar-refractivity contribution in [3.63, 3.8) is 0 Å². The van der Waals surface area contributed by atoms with E-state index in [1.807, 2.05) is 18.2 Å². The summed E-state index contributed by atoms with van der Waals surface area (Å²) in [5.74, 6) is 0. The number of benzene rings is 3. The molecule has 0 radical (unpaired) electrons. The van der Waals surface area contributed by atoms with Crippen molar-refractivity contribution < 1.29 is 0 Å². The fourth-order valence-electron chi connectivity index (χ4n) is 2.42. The Balaban J connectivity index is 1.87. The minimum atomic E-state index is 0.281. The van der Waals surface area contributed by atoms with Crippen LogP contribution in [0.4, 0.5) is 0 Å². The lowest BCUT2D eigenvalue weighted by atomic mass is 10.0. The monoisotopic (exact) mass is 422 g/mol. The van der Waals surface area contributed by atoms with Gasteiger partial charge in [-0.25, -0.2) is 0 Å². The molecular formula is C18H13Br2Cl. The van der Waals surface area contributed by atoms with Crippen molar-refractivity contribution in [2.45, 2.75) is 11.2 Å². The lowest BCUT2D eigenvalue weighted by Gasteiger charge is -2.12. The van der Waals surface area contributed by atoms with Crippen molar-refractivity contribution >= 4 is 54.2 Å². The molecule has 0 spiro atoms. The Bertz CT molecular complexity index is 783. The summed E-state index contributed by atoms with van der Waals surface area (Å²) in [5.41, 5.74) is 2.52. The highest BCUT2D eigenvalue weighted by atomic mass is 79.9. The van der Waals surface area contributed by atoms with Gasteiger partial charge in [0.05, 0.1) is 0 Å². The minimum absolute atomic E-state index is 0.281. The number of hydrogen-bond acceptors (Lipinski definition) is 0. The van der Waals surface area contributed by atoms with E-state index in [1.54, 1.807) is 0 Å². The summed E-state index contributed by atoms with van der Waals surface area (Å²) in [4.78, 5) is 0.281. The number of halogens is 3. The van der Waals surface area contributed by atoms with E-state index in [0.29, 0.717) is 0 Å². The van der Waals surface area contributed by atoms with E-state index in [1.165, 1.54) is 21.9 Å². The maximum absolute atomic E-state index is 6.05. The van der Waals surface area contributed by atoms with Gasteiger partial charge >= 0.3 is 0 Å². The molecule has 0 aliphatic carbocycles. The van der Waals surface area contributed by atoms with Gasteiger partial charge in [-0.15, -0.1) is 0 Å². The number of hydrogen-bond donors (Lipinski definition) is 0. The molecule has 1 atom stereocenters. The topological polar surface area (TPSA) is 0 Å². The molecule has 0 heterocycles. The third-order valence-electron chi connectivity index (χ3n) is 3.49. The molecule has 3 rings (SSSR count). The van der Waals surface area contributed by atoms with Crippen LogP contribution in [0.2, 0.25) is 5.02 Å². The summed E-state index contributed by atoms with van der Waals surface area (Å²) in [6.07, 6.45) is 0.919. The van der Waals surface area contributed by atoms with E-state index >= 15 is 0 Å². The summed E-state index contributed by atoms with van der Waals surface area (Å²) < 4.78 is 1.11. The first-order valence-electron chi connectivity index (χ1n) is 6.69. The molecule has 0 N–H and O–H groups in total. The maximum Gasteiger partial charge on any atom is 0.0435 e. The fourth-order valence-corrected chi connectivity index (χ4v) is 3.67. The third-order valence-corrected chi connectivity index (χ3v) is 5.07. The molecule has 0 fully saturated rings. The molecule has 106 valence electrons. The maximum atomic E-state index is 6.05. The van der Waals surface area contributed by atoms with Crippen LogP contribution in [0.5, 0.6) is 0 Å². The normalized spacial score (nSPS) is 12.5. The molecule has 1 unspecified atom stereocenters. The molecule has 0 amide bonds. The van der Waals surface area contributed by atoms with Gasteiger partial charge in [-0.05, 0) is 52.6 Å². The van der Waals surface area contributed by atoms with Crippen molar-refractivity contribution in [3.8, 4) is 0 Å². The van der Waals surface area contributed by atoms with Gasteiger partial charge in [0.1, 0.15) is 0 Å². The number of rotatable bonds is 3. The fraction of sp³-hybridized carbons (Fsp3) is 0.111. The SMILES string of the molecule is Clc1cccc(CC(Br)c2ccc3cc(Br)ccc3c2)c1. The first-order valence-corrected chi connectivity index (χ1v) is 8.78. The van der Waals surface area contributed by atoms with Gasteiger partial charge < -0.3 is 0 Å². The lowest BCUT2D eigenvalue weighted by Crippen LogP contribution is -1.95. The average Bonchev–Trinajstić information content (AvgIpc) is 2.46. The number of fused-ring (bicyclic) bond motifs is 1. The second-order valence-corrected chi connectivity index (χ2v) is 7.51. The van der Waals surface area contributed by atoms with Gasteiger partial charge in [-0.1, -0.05) is 79.9 Å². The molecule has 0 aliphatic rings. The van der Waals surface area contributed by atoms with Crippen LogP contribution in [0.3, 0.4) is 0 Å². The highest BCUT2D eigenvalue weighted by Crippen LogP contribution is 2.31. The van der Waals surface area contributed by atoms with E-state index in [2.05, 4.69) is 74.3 Å². The Morgan fingerprint density at radius 2 is 1.67 bits per heavy atom. The van der Waals surface area contributed by atoms with Gasteiger partial charge in [0.15, 0.2) is 0 Å². The van der Waals surface area contributed by atoms with Gasteiger partial charge in [0.25, 0.3) is 0 Å². The molecule has 3 heteroatoms. The second kappa shape index (κ2) is 6.51. The second-order valence-electron chi connectivity index (χ2n) is 5.05. The van der Waals surface area contributed by atoms with Crippen molar-refractivity contribution in [1.29, 1.82) is 0 Å².